The summed E-state index contributed by atoms with van der Waals surface area (Å²) in [4.78, 5) is 31.7. The van der Waals surface area contributed by atoms with E-state index in [9.17, 15) is 19.2 Å². The Morgan fingerprint density at radius 1 is 1.21 bits per heavy atom. The first kappa shape index (κ1) is 20.3. The van der Waals surface area contributed by atoms with Gasteiger partial charge >= 0.3 is 0 Å². The molecule has 1 amide bonds. The fraction of sp³-hybridized carbons (Fsp3) is 0.143. The number of anilines is 1. The number of nitrogens with zero attached hydrogens (tertiary/aromatic N) is 2. The number of benzene rings is 2. The Kier molecular flexibility index (Phi) is 6.10. The second kappa shape index (κ2) is 8.71. The number of aromatic nitrogens is 2. The number of carbonyl (C=O) groups excluding carboxylic acids is 1. The average molecular weight is 408 g/mol. The van der Waals surface area contributed by atoms with Crippen molar-refractivity contribution in [3.8, 4) is 17.3 Å². The molecule has 1 heterocycles. The molecule has 0 aliphatic heterocycles. The topological polar surface area (TPSA) is 98.6 Å². The lowest BCUT2D eigenvalue weighted by Gasteiger charge is -2.12. The molecule has 1 atom stereocenters. The summed E-state index contributed by atoms with van der Waals surface area (Å²) in [5.41, 5.74) is 1.77. The largest absolute Gasteiger partial charge is 0.325 e. The van der Waals surface area contributed by atoms with Crippen molar-refractivity contribution in [1.29, 1.82) is 5.26 Å². The summed E-state index contributed by atoms with van der Waals surface area (Å²) in [5, 5.41) is 11.7. The molecule has 2 aromatic carbocycles. The predicted molar refractivity (Wildman–Crippen MR) is 110 cm³/mol. The van der Waals surface area contributed by atoms with Crippen LogP contribution in [0.2, 0.25) is 0 Å². The second-order valence-electron chi connectivity index (χ2n) is 6.33. The van der Waals surface area contributed by atoms with Crippen LogP contribution >= 0.6 is 11.8 Å². The van der Waals surface area contributed by atoms with E-state index in [-0.39, 0.29) is 22.3 Å². The molecule has 0 bridgehead atoms. The number of H-pyrrole nitrogens is 1. The number of halogens is 1. The highest BCUT2D eigenvalue weighted by Crippen LogP contribution is 2.25. The van der Waals surface area contributed by atoms with Crippen molar-refractivity contribution in [3.63, 3.8) is 0 Å². The molecular weight excluding hydrogens is 391 g/mol. The molecule has 29 heavy (non-hydrogen) atoms. The van der Waals surface area contributed by atoms with Crippen molar-refractivity contribution in [3.05, 3.63) is 75.8 Å². The van der Waals surface area contributed by atoms with E-state index in [0.29, 0.717) is 11.3 Å². The number of aryl methyl sites for hydroxylation is 1. The predicted octanol–water partition coefficient (Wildman–Crippen LogP) is 3.88. The molecule has 6 nitrogen and oxygen atoms in total. The van der Waals surface area contributed by atoms with Crippen LogP contribution in [0.5, 0.6) is 0 Å². The maximum Gasteiger partial charge on any atom is 0.270 e. The van der Waals surface area contributed by atoms with E-state index in [4.69, 9.17) is 0 Å². The van der Waals surface area contributed by atoms with Gasteiger partial charge in [-0.25, -0.2) is 9.37 Å². The van der Waals surface area contributed by atoms with Crippen molar-refractivity contribution >= 4 is 23.4 Å². The van der Waals surface area contributed by atoms with Gasteiger partial charge in [0.2, 0.25) is 5.91 Å². The van der Waals surface area contributed by atoms with Gasteiger partial charge in [-0.1, -0.05) is 41.6 Å². The van der Waals surface area contributed by atoms with Gasteiger partial charge in [-0.15, -0.1) is 0 Å². The molecule has 0 aliphatic carbocycles. The standard InChI is InChI=1S/C21H17FN4O2S/c1-12-3-5-14(6-4-12)18-17(11-23)20(28)26-21(25-18)29-13(2)19(27)24-16-9-7-15(22)8-10-16/h3-10,13H,1-2H3,(H,24,27)(H,25,26,28)/t13-/m1/s1. The third kappa shape index (κ3) is 4.89. The fourth-order valence-corrected chi connectivity index (χ4v) is 3.33. The Morgan fingerprint density at radius 3 is 2.48 bits per heavy atom. The van der Waals surface area contributed by atoms with Crippen molar-refractivity contribution in [2.24, 2.45) is 0 Å². The van der Waals surface area contributed by atoms with E-state index >= 15 is 0 Å². The van der Waals surface area contributed by atoms with Crippen molar-refractivity contribution in [2.45, 2.75) is 24.3 Å². The summed E-state index contributed by atoms with van der Waals surface area (Å²) in [6.07, 6.45) is 0. The van der Waals surface area contributed by atoms with E-state index in [1.54, 1.807) is 19.1 Å². The molecule has 0 fully saturated rings. The van der Waals surface area contributed by atoms with Crippen molar-refractivity contribution in [1.82, 2.24) is 9.97 Å². The Balaban J connectivity index is 1.84. The maximum atomic E-state index is 13.0. The first-order valence-corrected chi connectivity index (χ1v) is 9.60. The monoisotopic (exact) mass is 408 g/mol. The van der Waals surface area contributed by atoms with Crippen LogP contribution in [0.1, 0.15) is 18.1 Å². The molecule has 0 saturated heterocycles. The number of rotatable bonds is 5. The number of nitrogens with one attached hydrogen (secondary N) is 2. The quantitative estimate of drug-likeness (QED) is 0.493. The maximum absolute atomic E-state index is 13.0. The van der Waals surface area contributed by atoms with E-state index in [0.717, 1.165) is 17.3 Å². The Hall–Kier alpha value is -3.44. The number of aromatic amines is 1. The highest BCUT2D eigenvalue weighted by atomic mass is 32.2. The van der Waals surface area contributed by atoms with Gasteiger partial charge in [-0.3, -0.25) is 9.59 Å². The summed E-state index contributed by atoms with van der Waals surface area (Å²) in [6, 6.07) is 14.6. The lowest BCUT2D eigenvalue weighted by Crippen LogP contribution is -2.23. The van der Waals surface area contributed by atoms with Crippen molar-refractivity contribution in [2.75, 3.05) is 5.32 Å². The second-order valence-corrected chi connectivity index (χ2v) is 7.66. The fourth-order valence-electron chi connectivity index (χ4n) is 2.53. The number of carbonyl (C=O) groups is 1. The lowest BCUT2D eigenvalue weighted by molar-refractivity contribution is -0.115. The summed E-state index contributed by atoms with van der Waals surface area (Å²) >= 11 is 1.06. The number of thioether (sulfide) groups is 1. The molecule has 3 aromatic rings. The van der Waals surface area contributed by atoms with Gasteiger partial charge in [-0.05, 0) is 38.1 Å². The van der Waals surface area contributed by atoms with Gasteiger partial charge in [-0.2, -0.15) is 5.26 Å². The zero-order valence-electron chi connectivity index (χ0n) is 15.7. The molecule has 8 heteroatoms. The summed E-state index contributed by atoms with van der Waals surface area (Å²) in [7, 11) is 0. The molecular formula is C21H17FN4O2S. The SMILES string of the molecule is Cc1ccc(-c2nc(S[C@H](C)C(=O)Nc3ccc(F)cc3)[nH]c(=O)c2C#N)cc1. The summed E-state index contributed by atoms with van der Waals surface area (Å²) < 4.78 is 13.0. The van der Waals surface area contributed by atoms with Gasteiger partial charge in [0.15, 0.2) is 5.16 Å². The molecule has 0 unspecified atom stereocenters. The van der Waals surface area contributed by atoms with Crippen LogP contribution in [-0.4, -0.2) is 21.1 Å². The molecule has 0 aliphatic rings. The third-order valence-electron chi connectivity index (χ3n) is 4.10. The Bertz CT molecular complexity index is 1140. The molecule has 3 rings (SSSR count). The zero-order chi connectivity index (χ0) is 21.0. The Morgan fingerprint density at radius 2 is 1.86 bits per heavy atom. The van der Waals surface area contributed by atoms with Crippen LogP contribution in [0.4, 0.5) is 10.1 Å². The third-order valence-corrected chi connectivity index (χ3v) is 5.09. The zero-order valence-corrected chi connectivity index (χ0v) is 16.5. The Labute approximate surface area is 170 Å². The summed E-state index contributed by atoms with van der Waals surface area (Å²) in [5.74, 6) is -0.723. The normalized spacial score (nSPS) is 11.5. The molecule has 0 saturated carbocycles. The molecule has 146 valence electrons. The van der Waals surface area contributed by atoms with Crippen LogP contribution in [0.25, 0.3) is 11.3 Å². The minimum atomic E-state index is -0.595. The van der Waals surface area contributed by atoms with Crippen molar-refractivity contribution < 1.29 is 9.18 Å². The van der Waals surface area contributed by atoms with Gasteiger partial charge < -0.3 is 10.3 Å². The smallest absolute Gasteiger partial charge is 0.270 e. The minimum absolute atomic E-state index is 0.0818. The number of nitriles is 1. The van der Waals surface area contributed by atoms with E-state index in [1.807, 2.05) is 25.1 Å². The number of amides is 1. The van der Waals surface area contributed by atoms with Crippen LogP contribution in [-0.2, 0) is 4.79 Å². The van der Waals surface area contributed by atoms with Crippen LogP contribution in [0.15, 0.2) is 58.5 Å². The molecule has 0 radical (unpaired) electrons. The van der Waals surface area contributed by atoms with Crippen LogP contribution < -0.4 is 10.9 Å². The molecule has 0 spiro atoms. The van der Waals surface area contributed by atoms with Crippen LogP contribution in [0, 0.1) is 24.1 Å². The lowest BCUT2D eigenvalue weighted by atomic mass is 10.1. The van der Waals surface area contributed by atoms with Gasteiger partial charge in [0, 0.05) is 11.3 Å². The van der Waals surface area contributed by atoms with E-state index < -0.39 is 16.6 Å². The first-order valence-electron chi connectivity index (χ1n) is 8.72. The summed E-state index contributed by atoms with van der Waals surface area (Å²) in [6.45, 7) is 3.59. The van der Waals surface area contributed by atoms with E-state index in [1.165, 1.54) is 24.3 Å². The average Bonchev–Trinajstić information content (AvgIpc) is 2.70. The highest BCUT2D eigenvalue weighted by molar-refractivity contribution is 8.00. The molecule has 2 N–H and O–H groups in total. The van der Waals surface area contributed by atoms with Gasteiger partial charge in [0.1, 0.15) is 17.4 Å². The van der Waals surface area contributed by atoms with E-state index in [2.05, 4.69) is 15.3 Å². The number of hydrogen-bond acceptors (Lipinski definition) is 5. The van der Waals surface area contributed by atoms with Crippen LogP contribution in [0.3, 0.4) is 0 Å². The molecule has 1 aromatic heterocycles. The van der Waals surface area contributed by atoms with Gasteiger partial charge in [0.25, 0.3) is 5.56 Å². The van der Waals surface area contributed by atoms with Gasteiger partial charge in [0.05, 0.1) is 10.9 Å². The number of hydrogen-bond donors (Lipinski definition) is 2. The minimum Gasteiger partial charge on any atom is -0.325 e. The highest BCUT2D eigenvalue weighted by Gasteiger charge is 2.19. The first-order chi connectivity index (χ1) is 13.9.